The molecule has 0 spiro atoms. The lowest BCUT2D eigenvalue weighted by atomic mass is 9.93. The highest BCUT2D eigenvalue weighted by Gasteiger charge is 2.30. The number of anilines is 1. The molecule has 4 heterocycles. The van der Waals surface area contributed by atoms with Crippen LogP contribution in [0, 0.1) is 0 Å². The third kappa shape index (κ3) is 5.32. The Kier molecular flexibility index (Phi) is 6.47. The molecule has 0 saturated carbocycles. The number of nitrogens with zero attached hydrogens (tertiary/aromatic N) is 5. The van der Waals surface area contributed by atoms with Crippen LogP contribution >= 0.6 is 0 Å². The van der Waals surface area contributed by atoms with E-state index in [1.807, 2.05) is 24.4 Å². The fourth-order valence-electron chi connectivity index (χ4n) is 4.53. The van der Waals surface area contributed by atoms with E-state index in [1.165, 1.54) is 0 Å². The molecule has 0 aliphatic carbocycles. The molecule has 178 valence electrons. The van der Waals surface area contributed by atoms with Gasteiger partial charge in [0.05, 0.1) is 11.3 Å². The average Bonchev–Trinajstić information content (AvgIpc) is 3.24. The Morgan fingerprint density at radius 1 is 1.09 bits per heavy atom. The van der Waals surface area contributed by atoms with Crippen molar-refractivity contribution in [2.45, 2.75) is 38.0 Å². The van der Waals surface area contributed by atoms with Crippen molar-refractivity contribution in [1.82, 2.24) is 24.5 Å². The number of hydrogen-bond acceptors (Lipinski definition) is 5. The number of benzene rings is 1. The molecule has 3 aromatic heterocycles. The monoisotopic (exact) mass is 476 g/mol. The maximum Gasteiger partial charge on any atom is 0.416 e. The summed E-state index contributed by atoms with van der Waals surface area (Å²) in [7, 11) is 6.15. The number of alkyl halides is 3. The second kappa shape index (κ2) is 9.69. The standard InChI is InChI=1S/C25H24BF3N6/c26-21-14-32-35-23(31-13-18-3-1-9-30-12-18)11-22(33-24(21)35)19-4-2-10-34(16-19)15-17-5-7-20(8-6-17)25(27,28)29/h1,3,5-9,11-12,14,19,31H,2,4,10,13,15-16H2. The lowest BCUT2D eigenvalue weighted by Gasteiger charge is -2.32. The number of halogens is 3. The van der Waals surface area contributed by atoms with Crippen LogP contribution in [-0.4, -0.2) is 45.4 Å². The number of pyridine rings is 1. The first-order valence-corrected chi connectivity index (χ1v) is 11.5. The number of piperidine rings is 1. The molecule has 1 aromatic carbocycles. The third-order valence-electron chi connectivity index (χ3n) is 6.33. The highest BCUT2D eigenvalue weighted by molar-refractivity contribution is 6.36. The smallest absolute Gasteiger partial charge is 0.366 e. The van der Waals surface area contributed by atoms with Gasteiger partial charge in [0.1, 0.15) is 13.7 Å². The van der Waals surface area contributed by atoms with Crippen molar-refractivity contribution < 1.29 is 13.2 Å². The minimum atomic E-state index is -4.32. The molecule has 0 bridgehead atoms. The minimum absolute atomic E-state index is 0.177. The fourth-order valence-corrected chi connectivity index (χ4v) is 4.53. The van der Waals surface area contributed by atoms with Crippen molar-refractivity contribution in [3.05, 3.63) is 83.4 Å². The van der Waals surface area contributed by atoms with E-state index < -0.39 is 11.7 Å². The van der Waals surface area contributed by atoms with Gasteiger partial charge < -0.3 is 5.32 Å². The van der Waals surface area contributed by atoms with E-state index in [1.54, 1.807) is 29.0 Å². The molecule has 6 nitrogen and oxygen atoms in total. The van der Waals surface area contributed by atoms with E-state index >= 15 is 0 Å². The van der Waals surface area contributed by atoms with Crippen LogP contribution in [-0.2, 0) is 19.3 Å². The van der Waals surface area contributed by atoms with Gasteiger partial charge in [-0.15, -0.1) is 0 Å². The minimum Gasteiger partial charge on any atom is -0.366 e. The lowest BCUT2D eigenvalue weighted by Crippen LogP contribution is -2.34. The van der Waals surface area contributed by atoms with Crippen molar-refractivity contribution in [2.24, 2.45) is 0 Å². The second-order valence-corrected chi connectivity index (χ2v) is 8.89. The van der Waals surface area contributed by atoms with Crippen LogP contribution in [0.3, 0.4) is 0 Å². The highest BCUT2D eigenvalue weighted by Crippen LogP contribution is 2.31. The molecule has 1 aliphatic heterocycles. The maximum atomic E-state index is 12.9. The van der Waals surface area contributed by atoms with Gasteiger partial charge in [-0.05, 0) is 54.2 Å². The Labute approximate surface area is 202 Å². The predicted octanol–water partition coefficient (Wildman–Crippen LogP) is 3.93. The van der Waals surface area contributed by atoms with Crippen molar-refractivity contribution in [2.75, 3.05) is 18.4 Å². The van der Waals surface area contributed by atoms with Crippen molar-refractivity contribution in [3.63, 3.8) is 0 Å². The summed E-state index contributed by atoms with van der Waals surface area (Å²) in [6, 6.07) is 11.3. The largest absolute Gasteiger partial charge is 0.416 e. The summed E-state index contributed by atoms with van der Waals surface area (Å²) in [4.78, 5) is 11.3. The Hall–Kier alpha value is -3.40. The van der Waals surface area contributed by atoms with Crippen LogP contribution in [0.4, 0.5) is 19.0 Å². The van der Waals surface area contributed by atoms with Crippen molar-refractivity contribution in [3.8, 4) is 0 Å². The predicted molar refractivity (Wildman–Crippen MR) is 129 cm³/mol. The number of aromatic nitrogens is 4. The van der Waals surface area contributed by atoms with Gasteiger partial charge in [-0.25, -0.2) is 4.98 Å². The summed E-state index contributed by atoms with van der Waals surface area (Å²) in [5, 5.41) is 7.80. The third-order valence-corrected chi connectivity index (χ3v) is 6.33. The van der Waals surface area contributed by atoms with Gasteiger partial charge in [-0.3, -0.25) is 9.88 Å². The van der Waals surface area contributed by atoms with E-state index in [4.69, 9.17) is 12.8 Å². The summed E-state index contributed by atoms with van der Waals surface area (Å²) in [5.41, 5.74) is 3.32. The number of likely N-dealkylation sites (tertiary alicyclic amines) is 1. The molecule has 1 aliphatic rings. The molecule has 1 N–H and O–H groups in total. The Bertz CT molecular complexity index is 1290. The van der Waals surface area contributed by atoms with E-state index in [0.717, 1.165) is 60.7 Å². The molecular weight excluding hydrogens is 452 g/mol. The van der Waals surface area contributed by atoms with Gasteiger partial charge in [0, 0.05) is 50.2 Å². The molecule has 4 aromatic rings. The summed E-state index contributed by atoms with van der Waals surface area (Å²) < 4.78 is 40.3. The molecule has 1 atom stereocenters. The average molecular weight is 476 g/mol. The molecule has 0 amide bonds. The van der Waals surface area contributed by atoms with Gasteiger partial charge in [0.15, 0.2) is 5.65 Å². The van der Waals surface area contributed by atoms with Crippen LogP contribution in [0.25, 0.3) is 5.65 Å². The molecular formula is C25H24BF3N6. The zero-order chi connectivity index (χ0) is 24.4. The SMILES string of the molecule is [B]c1cnn2c(NCc3cccnc3)cc(C3CCCN(Cc4ccc(C(F)(F)F)cc4)C3)nc12. The molecule has 1 fully saturated rings. The second-order valence-electron chi connectivity index (χ2n) is 8.89. The summed E-state index contributed by atoms with van der Waals surface area (Å²) in [6.07, 6.45) is 2.77. The fraction of sp³-hybridized carbons (Fsp3) is 0.320. The first kappa shape index (κ1) is 23.4. The summed E-state index contributed by atoms with van der Waals surface area (Å²) in [6.45, 7) is 2.83. The summed E-state index contributed by atoms with van der Waals surface area (Å²) >= 11 is 0. The van der Waals surface area contributed by atoms with Crippen molar-refractivity contribution >= 4 is 24.8 Å². The first-order chi connectivity index (χ1) is 16.9. The van der Waals surface area contributed by atoms with Crippen LogP contribution in [0.2, 0.25) is 0 Å². The molecule has 10 heteroatoms. The van der Waals surface area contributed by atoms with Gasteiger partial charge in [0.2, 0.25) is 0 Å². The Morgan fingerprint density at radius 2 is 1.91 bits per heavy atom. The van der Waals surface area contributed by atoms with Gasteiger partial charge in [0.25, 0.3) is 0 Å². The molecule has 1 unspecified atom stereocenters. The normalized spacial score (nSPS) is 17.1. The number of hydrogen-bond donors (Lipinski definition) is 1. The Morgan fingerprint density at radius 3 is 2.66 bits per heavy atom. The van der Waals surface area contributed by atoms with Gasteiger partial charge in [-0.2, -0.15) is 22.8 Å². The quantitative estimate of drug-likeness (QED) is 0.428. The number of rotatable bonds is 6. The molecule has 1 saturated heterocycles. The van der Waals surface area contributed by atoms with Crippen LogP contribution in [0.15, 0.2) is 61.1 Å². The van der Waals surface area contributed by atoms with Crippen molar-refractivity contribution in [1.29, 1.82) is 0 Å². The first-order valence-electron chi connectivity index (χ1n) is 11.5. The van der Waals surface area contributed by atoms with Gasteiger partial charge >= 0.3 is 6.18 Å². The highest BCUT2D eigenvalue weighted by atomic mass is 19.4. The Balaban J connectivity index is 1.34. The zero-order valence-electron chi connectivity index (χ0n) is 19.0. The maximum absolute atomic E-state index is 12.9. The summed E-state index contributed by atoms with van der Waals surface area (Å²) in [5.74, 6) is 0.974. The molecule has 2 radical (unpaired) electrons. The molecule has 35 heavy (non-hydrogen) atoms. The van der Waals surface area contributed by atoms with E-state index in [-0.39, 0.29) is 5.92 Å². The number of nitrogens with one attached hydrogen (secondary N) is 1. The van der Waals surface area contributed by atoms with Gasteiger partial charge in [-0.1, -0.05) is 18.2 Å². The van der Waals surface area contributed by atoms with E-state index in [0.29, 0.717) is 24.2 Å². The molecule has 5 rings (SSSR count). The van der Waals surface area contributed by atoms with Crippen LogP contribution in [0.5, 0.6) is 0 Å². The lowest BCUT2D eigenvalue weighted by molar-refractivity contribution is -0.137. The van der Waals surface area contributed by atoms with Crippen LogP contribution < -0.4 is 10.8 Å². The topological polar surface area (TPSA) is 58.4 Å². The number of fused-ring (bicyclic) bond motifs is 1. The zero-order valence-corrected chi connectivity index (χ0v) is 19.0. The van der Waals surface area contributed by atoms with E-state index in [2.05, 4.69) is 20.3 Å². The van der Waals surface area contributed by atoms with Crippen LogP contribution in [0.1, 0.15) is 41.1 Å². The van der Waals surface area contributed by atoms with E-state index in [9.17, 15) is 13.2 Å².